The Morgan fingerprint density at radius 1 is 1.24 bits per heavy atom. The van der Waals surface area contributed by atoms with Crippen LogP contribution in [0.25, 0.3) is 0 Å². The van der Waals surface area contributed by atoms with Gasteiger partial charge in [-0.1, -0.05) is 39.3 Å². The van der Waals surface area contributed by atoms with Gasteiger partial charge < -0.3 is 10.6 Å². The van der Waals surface area contributed by atoms with Crippen LogP contribution in [0, 0.1) is 11.8 Å². The van der Waals surface area contributed by atoms with Crippen LogP contribution < -0.4 is 5.73 Å². The molecule has 0 unspecified atom stereocenters. The molecule has 0 aliphatic carbocycles. The molecule has 0 bridgehead atoms. The van der Waals surface area contributed by atoms with E-state index < -0.39 is 0 Å². The standard InChI is InChI=1S/C16H25ClN2OS/c1-11(2)8-19(9-12(3)4)16(20)10-21-13-5-6-15(18)14(17)7-13/h5-7,11-12H,8-10,18H2,1-4H3. The number of thioether (sulfide) groups is 1. The average molecular weight is 329 g/mol. The Bertz CT molecular complexity index is 467. The minimum absolute atomic E-state index is 0.176. The molecule has 0 aliphatic rings. The van der Waals surface area contributed by atoms with E-state index in [1.165, 1.54) is 11.8 Å². The maximum Gasteiger partial charge on any atom is 0.232 e. The molecular weight excluding hydrogens is 304 g/mol. The summed E-state index contributed by atoms with van der Waals surface area (Å²) in [6, 6.07) is 5.48. The van der Waals surface area contributed by atoms with E-state index in [1.807, 2.05) is 17.0 Å². The molecule has 21 heavy (non-hydrogen) atoms. The molecule has 0 spiro atoms. The Labute approximate surface area is 137 Å². The zero-order valence-electron chi connectivity index (χ0n) is 13.2. The molecule has 1 rings (SSSR count). The summed E-state index contributed by atoms with van der Waals surface area (Å²) in [4.78, 5) is 15.3. The van der Waals surface area contributed by atoms with Crippen molar-refractivity contribution in [2.45, 2.75) is 32.6 Å². The first-order chi connectivity index (χ1) is 9.79. The maximum absolute atomic E-state index is 12.4. The van der Waals surface area contributed by atoms with Gasteiger partial charge in [0.15, 0.2) is 0 Å². The number of anilines is 1. The van der Waals surface area contributed by atoms with Gasteiger partial charge >= 0.3 is 0 Å². The molecule has 0 atom stereocenters. The number of nitrogens with two attached hydrogens (primary N) is 1. The van der Waals surface area contributed by atoms with E-state index in [9.17, 15) is 4.79 Å². The van der Waals surface area contributed by atoms with Crippen molar-refractivity contribution in [2.75, 3.05) is 24.6 Å². The average Bonchev–Trinajstić information content (AvgIpc) is 2.38. The normalized spacial score (nSPS) is 11.2. The number of hydrogen-bond donors (Lipinski definition) is 1. The second kappa shape index (κ2) is 8.54. The number of hydrogen-bond acceptors (Lipinski definition) is 3. The van der Waals surface area contributed by atoms with Crippen molar-refractivity contribution in [3.05, 3.63) is 23.2 Å². The summed E-state index contributed by atoms with van der Waals surface area (Å²) in [7, 11) is 0. The molecule has 0 radical (unpaired) electrons. The van der Waals surface area contributed by atoms with E-state index in [-0.39, 0.29) is 5.91 Å². The van der Waals surface area contributed by atoms with E-state index >= 15 is 0 Å². The fraction of sp³-hybridized carbons (Fsp3) is 0.562. The Balaban J connectivity index is 2.61. The number of nitrogens with zero attached hydrogens (tertiary/aromatic N) is 1. The summed E-state index contributed by atoms with van der Waals surface area (Å²) in [6.45, 7) is 10.1. The van der Waals surface area contributed by atoms with E-state index in [4.69, 9.17) is 17.3 Å². The third-order valence-corrected chi connectivity index (χ3v) is 4.16. The second-order valence-electron chi connectivity index (χ2n) is 6.06. The van der Waals surface area contributed by atoms with E-state index in [0.29, 0.717) is 28.3 Å². The van der Waals surface area contributed by atoms with Crippen molar-refractivity contribution in [2.24, 2.45) is 11.8 Å². The molecule has 0 aliphatic heterocycles. The van der Waals surface area contributed by atoms with Crippen LogP contribution >= 0.6 is 23.4 Å². The molecule has 1 amide bonds. The molecule has 3 nitrogen and oxygen atoms in total. The Hall–Kier alpha value is -0.870. The topological polar surface area (TPSA) is 46.3 Å². The number of carbonyl (C=O) groups excluding carboxylic acids is 1. The number of amides is 1. The van der Waals surface area contributed by atoms with Crippen molar-refractivity contribution in [1.82, 2.24) is 4.90 Å². The predicted molar refractivity (Wildman–Crippen MR) is 92.8 cm³/mol. The van der Waals surface area contributed by atoms with Crippen LogP contribution in [0.1, 0.15) is 27.7 Å². The lowest BCUT2D eigenvalue weighted by Crippen LogP contribution is -2.38. The largest absolute Gasteiger partial charge is 0.398 e. The first-order valence-electron chi connectivity index (χ1n) is 7.25. The van der Waals surface area contributed by atoms with E-state index in [0.717, 1.165) is 18.0 Å². The van der Waals surface area contributed by atoms with Gasteiger partial charge in [-0.05, 0) is 30.0 Å². The van der Waals surface area contributed by atoms with Crippen LogP contribution in [-0.4, -0.2) is 29.6 Å². The molecule has 0 saturated carbocycles. The van der Waals surface area contributed by atoms with Gasteiger partial charge in [0.05, 0.1) is 16.5 Å². The SMILES string of the molecule is CC(C)CN(CC(C)C)C(=O)CSc1ccc(N)c(Cl)c1. The van der Waals surface area contributed by atoms with Gasteiger partial charge in [-0.15, -0.1) is 11.8 Å². The van der Waals surface area contributed by atoms with Gasteiger partial charge in [0.1, 0.15) is 0 Å². The van der Waals surface area contributed by atoms with Crippen LogP contribution in [-0.2, 0) is 4.79 Å². The number of carbonyl (C=O) groups is 1. The van der Waals surface area contributed by atoms with Gasteiger partial charge in [0.25, 0.3) is 0 Å². The van der Waals surface area contributed by atoms with Crippen LogP contribution in [0.15, 0.2) is 23.1 Å². The molecule has 2 N–H and O–H groups in total. The fourth-order valence-corrected chi connectivity index (χ4v) is 3.08. The fourth-order valence-electron chi connectivity index (χ4n) is 1.99. The highest BCUT2D eigenvalue weighted by Gasteiger charge is 2.16. The lowest BCUT2D eigenvalue weighted by atomic mass is 10.1. The second-order valence-corrected chi connectivity index (χ2v) is 7.51. The van der Waals surface area contributed by atoms with Gasteiger partial charge in [-0.25, -0.2) is 0 Å². The zero-order valence-corrected chi connectivity index (χ0v) is 14.8. The van der Waals surface area contributed by atoms with Crippen LogP contribution in [0.5, 0.6) is 0 Å². The van der Waals surface area contributed by atoms with Crippen molar-refractivity contribution in [3.8, 4) is 0 Å². The highest BCUT2D eigenvalue weighted by Crippen LogP contribution is 2.26. The number of rotatable bonds is 7. The number of benzene rings is 1. The predicted octanol–water partition coefficient (Wildman–Crippen LogP) is 4.15. The molecule has 1 aromatic carbocycles. The van der Waals surface area contributed by atoms with Crippen molar-refractivity contribution in [1.29, 1.82) is 0 Å². The van der Waals surface area contributed by atoms with E-state index in [1.54, 1.807) is 6.07 Å². The monoisotopic (exact) mass is 328 g/mol. The molecule has 0 fully saturated rings. The van der Waals surface area contributed by atoms with Crippen LogP contribution in [0.3, 0.4) is 0 Å². The first kappa shape index (κ1) is 18.2. The lowest BCUT2D eigenvalue weighted by molar-refractivity contribution is -0.129. The minimum Gasteiger partial charge on any atom is -0.398 e. The number of halogens is 1. The smallest absolute Gasteiger partial charge is 0.232 e. The van der Waals surface area contributed by atoms with Crippen molar-refractivity contribution in [3.63, 3.8) is 0 Å². The lowest BCUT2D eigenvalue weighted by Gasteiger charge is -2.26. The molecule has 5 heteroatoms. The number of nitrogen functional groups attached to an aromatic ring is 1. The Morgan fingerprint density at radius 2 is 1.81 bits per heavy atom. The van der Waals surface area contributed by atoms with E-state index in [2.05, 4.69) is 27.7 Å². The summed E-state index contributed by atoms with van der Waals surface area (Å²) < 4.78 is 0. The van der Waals surface area contributed by atoms with Gasteiger partial charge in [0.2, 0.25) is 5.91 Å². The summed E-state index contributed by atoms with van der Waals surface area (Å²) in [5.41, 5.74) is 6.25. The highest BCUT2D eigenvalue weighted by atomic mass is 35.5. The molecule has 0 aromatic heterocycles. The van der Waals surface area contributed by atoms with Crippen LogP contribution in [0.2, 0.25) is 5.02 Å². The van der Waals surface area contributed by atoms with Gasteiger partial charge in [-0.3, -0.25) is 4.79 Å². The summed E-state index contributed by atoms with van der Waals surface area (Å²) in [6.07, 6.45) is 0. The maximum atomic E-state index is 12.4. The minimum atomic E-state index is 0.176. The third kappa shape index (κ3) is 6.62. The molecular formula is C16H25ClN2OS. The quantitative estimate of drug-likeness (QED) is 0.604. The van der Waals surface area contributed by atoms with Gasteiger partial charge in [-0.2, -0.15) is 0 Å². The molecule has 118 valence electrons. The zero-order chi connectivity index (χ0) is 16.0. The summed E-state index contributed by atoms with van der Waals surface area (Å²) in [5.74, 6) is 1.56. The van der Waals surface area contributed by atoms with Crippen LogP contribution in [0.4, 0.5) is 5.69 Å². The highest BCUT2D eigenvalue weighted by molar-refractivity contribution is 8.00. The Kier molecular flexibility index (Phi) is 7.40. The van der Waals surface area contributed by atoms with Crippen molar-refractivity contribution >= 4 is 35.0 Å². The third-order valence-electron chi connectivity index (χ3n) is 2.86. The first-order valence-corrected chi connectivity index (χ1v) is 8.61. The molecule has 1 aromatic rings. The summed E-state index contributed by atoms with van der Waals surface area (Å²) in [5, 5.41) is 0.536. The van der Waals surface area contributed by atoms with Crippen molar-refractivity contribution < 1.29 is 4.79 Å². The molecule has 0 heterocycles. The van der Waals surface area contributed by atoms with Gasteiger partial charge in [0, 0.05) is 18.0 Å². The summed E-state index contributed by atoms with van der Waals surface area (Å²) >= 11 is 7.50. The Morgan fingerprint density at radius 3 is 2.29 bits per heavy atom. The molecule has 0 saturated heterocycles.